The molecule has 5 nitrogen and oxygen atoms in total. The summed E-state index contributed by atoms with van der Waals surface area (Å²) in [4.78, 5) is 0.309. The van der Waals surface area contributed by atoms with Crippen molar-refractivity contribution in [1.82, 2.24) is 14.8 Å². The SMILES string of the molecule is C=CCSc1nnc(CS(=O)(=O)c2ccc(C)cc2)n1CC. The zero-order chi connectivity index (χ0) is 16.2. The van der Waals surface area contributed by atoms with Crippen molar-refractivity contribution in [2.45, 2.75) is 36.2 Å². The largest absolute Gasteiger partial charge is 0.305 e. The van der Waals surface area contributed by atoms with Gasteiger partial charge in [-0.3, -0.25) is 0 Å². The van der Waals surface area contributed by atoms with Crippen LogP contribution in [0, 0.1) is 6.92 Å². The predicted octanol–water partition coefficient (Wildman–Crippen LogP) is 2.86. The average Bonchev–Trinajstić information content (AvgIpc) is 2.86. The van der Waals surface area contributed by atoms with E-state index in [-0.39, 0.29) is 5.75 Å². The normalized spacial score (nSPS) is 11.5. The van der Waals surface area contributed by atoms with Crippen LogP contribution in [0.2, 0.25) is 0 Å². The number of hydrogen-bond acceptors (Lipinski definition) is 5. The Morgan fingerprint density at radius 1 is 1.27 bits per heavy atom. The smallest absolute Gasteiger partial charge is 0.191 e. The van der Waals surface area contributed by atoms with E-state index >= 15 is 0 Å². The van der Waals surface area contributed by atoms with Crippen molar-refractivity contribution in [3.8, 4) is 0 Å². The Bertz CT molecular complexity index is 750. The van der Waals surface area contributed by atoms with Crippen LogP contribution < -0.4 is 0 Å². The molecular weight excluding hydrogens is 318 g/mol. The second kappa shape index (κ2) is 7.11. The second-order valence-electron chi connectivity index (χ2n) is 4.81. The summed E-state index contributed by atoms with van der Waals surface area (Å²) in [6, 6.07) is 6.85. The van der Waals surface area contributed by atoms with Crippen LogP contribution in [0.25, 0.3) is 0 Å². The highest BCUT2D eigenvalue weighted by molar-refractivity contribution is 7.99. The topological polar surface area (TPSA) is 64.8 Å². The van der Waals surface area contributed by atoms with Crippen molar-refractivity contribution < 1.29 is 8.42 Å². The van der Waals surface area contributed by atoms with Gasteiger partial charge in [-0.25, -0.2) is 8.42 Å². The van der Waals surface area contributed by atoms with Gasteiger partial charge in [-0.15, -0.1) is 16.8 Å². The Kier molecular flexibility index (Phi) is 5.42. The quantitative estimate of drug-likeness (QED) is 0.574. The Balaban J connectivity index is 2.27. The number of benzene rings is 1. The molecule has 0 aliphatic heterocycles. The molecule has 0 amide bonds. The van der Waals surface area contributed by atoms with Crippen LogP contribution in [0.4, 0.5) is 0 Å². The molecule has 0 radical (unpaired) electrons. The van der Waals surface area contributed by atoms with Gasteiger partial charge in [-0.05, 0) is 26.0 Å². The number of thioether (sulfide) groups is 1. The maximum atomic E-state index is 12.5. The van der Waals surface area contributed by atoms with Gasteiger partial charge in [0.2, 0.25) is 0 Å². The zero-order valence-electron chi connectivity index (χ0n) is 12.7. The van der Waals surface area contributed by atoms with Crippen LogP contribution in [0.5, 0.6) is 0 Å². The minimum atomic E-state index is -3.42. The highest BCUT2D eigenvalue weighted by atomic mass is 32.2. The molecule has 0 bridgehead atoms. The molecule has 22 heavy (non-hydrogen) atoms. The van der Waals surface area contributed by atoms with Crippen LogP contribution in [0.1, 0.15) is 18.3 Å². The van der Waals surface area contributed by atoms with Gasteiger partial charge in [0.25, 0.3) is 0 Å². The molecule has 2 rings (SSSR count). The highest BCUT2D eigenvalue weighted by Crippen LogP contribution is 2.21. The standard InChI is InChI=1S/C15H19N3O2S2/c1-4-10-21-15-17-16-14(18(15)5-2)11-22(19,20)13-8-6-12(3)7-9-13/h4,6-9H,1,5,10-11H2,2-3H3. The number of aryl methyl sites for hydroxylation is 1. The molecule has 2 aromatic rings. The van der Waals surface area contributed by atoms with Gasteiger partial charge in [-0.1, -0.05) is 35.5 Å². The maximum Gasteiger partial charge on any atom is 0.191 e. The van der Waals surface area contributed by atoms with E-state index in [1.54, 1.807) is 30.3 Å². The van der Waals surface area contributed by atoms with Gasteiger partial charge in [0.05, 0.1) is 4.90 Å². The molecule has 0 N–H and O–H groups in total. The lowest BCUT2D eigenvalue weighted by Crippen LogP contribution is -2.11. The Morgan fingerprint density at radius 2 is 1.95 bits per heavy atom. The van der Waals surface area contributed by atoms with Gasteiger partial charge < -0.3 is 4.57 Å². The van der Waals surface area contributed by atoms with Gasteiger partial charge >= 0.3 is 0 Å². The average molecular weight is 337 g/mol. The van der Waals surface area contributed by atoms with Crippen LogP contribution in [0.15, 0.2) is 47.0 Å². The number of rotatable bonds is 7. The van der Waals surface area contributed by atoms with Gasteiger partial charge in [0.15, 0.2) is 15.0 Å². The van der Waals surface area contributed by atoms with Gasteiger partial charge in [0.1, 0.15) is 11.6 Å². The summed E-state index contributed by atoms with van der Waals surface area (Å²) >= 11 is 1.49. The van der Waals surface area contributed by atoms with E-state index in [0.29, 0.717) is 23.0 Å². The van der Waals surface area contributed by atoms with Crippen molar-refractivity contribution in [2.75, 3.05) is 5.75 Å². The van der Waals surface area contributed by atoms with Gasteiger partial charge in [-0.2, -0.15) is 0 Å². The molecule has 118 valence electrons. The molecule has 1 heterocycles. The summed E-state index contributed by atoms with van der Waals surface area (Å²) in [6.07, 6.45) is 1.78. The number of nitrogens with zero attached hydrogens (tertiary/aromatic N) is 3. The fourth-order valence-corrected chi connectivity index (χ4v) is 4.01. The Morgan fingerprint density at radius 3 is 2.55 bits per heavy atom. The molecule has 1 aromatic carbocycles. The van der Waals surface area contributed by atoms with Crippen LogP contribution in [0.3, 0.4) is 0 Å². The Hall–Kier alpha value is -1.60. The first-order chi connectivity index (χ1) is 10.5. The first-order valence-electron chi connectivity index (χ1n) is 6.93. The fourth-order valence-electron chi connectivity index (χ4n) is 1.98. The summed E-state index contributed by atoms with van der Waals surface area (Å²) in [6.45, 7) is 8.17. The maximum absolute atomic E-state index is 12.5. The van der Waals surface area contributed by atoms with Crippen molar-refractivity contribution >= 4 is 21.6 Å². The lowest BCUT2D eigenvalue weighted by Gasteiger charge is -2.08. The number of sulfone groups is 1. The van der Waals surface area contributed by atoms with Gasteiger partial charge in [0, 0.05) is 12.3 Å². The third kappa shape index (κ3) is 3.78. The zero-order valence-corrected chi connectivity index (χ0v) is 14.3. The third-order valence-corrected chi connectivity index (χ3v) is 5.73. The fraction of sp³-hybridized carbons (Fsp3) is 0.333. The Labute approximate surface area is 135 Å². The number of hydrogen-bond donors (Lipinski definition) is 0. The van der Waals surface area contributed by atoms with Crippen LogP contribution in [-0.4, -0.2) is 28.9 Å². The predicted molar refractivity (Wildman–Crippen MR) is 88.7 cm³/mol. The lowest BCUT2D eigenvalue weighted by atomic mass is 10.2. The lowest BCUT2D eigenvalue weighted by molar-refractivity contribution is 0.588. The molecule has 0 unspecified atom stereocenters. The van der Waals surface area contributed by atoms with Crippen molar-refractivity contribution in [3.63, 3.8) is 0 Å². The van der Waals surface area contributed by atoms with Crippen molar-refractivity contribution in [3.05, 3.63) is 48.3 Å². The summed E-state index contributed by atoms with van der Waals surface area (Å²) < 4.78 is 26.8. The second-order valence-corrected chi connectivity index (χ2v) is 7.79. The van der Waals surface area contributed by atoms with E-state index in [9.17, 15) is 8.42 Å². The summed E-state index contributed by atoms with van der Waals surface area (Å²) in [5, 5.41) is 8.85. The molecule has 0 aliphatic carbocycles. The summed E-state index contributed by atoms with van der Waals surface area (Å²) in [7, 11) is -3.42. The molecule has 0 fully saturated rings. The van der Waals surface area contributed by atoms with Crippen LogP contribution in [-0.2, 0) is 22.1 Å². The van der Waals surface area contributed by atoms with Crippen LogP contribution >= 0.6 is 11.8 Å². The van der Waals surface area contributed by atoms with E-state index in [0.717, 1.165) is 10.7 Å². The third-order valence-electron chi connectivity index (χ3n) is 3.14. The minimum absolute atomic E-state index is 0.147. The molecule has 0 aliphatic rings. The molecule has 1 aromatic heterocycles. The number of aromatic nitrogens is 3. The van der Waals surface area contributed by atoms with E-state index in [1.807, 2.05) is 18.4 Å². The molecule has 0 saturated heterocycles. The highest BCUT2D eigenvalue weighted by Gasteiger charge is 2.20. The summed E-state index contributed by atoms with van der Waals surface area (Å²) in [5.41, 5.74) is 1.03. The molecule has 0 spiro atoms. The molecule has 0 saturated carbocycles. The first-order valence-corrected chi connectivity index (χ1v) is 9.57. The minimum Gasteiger partial charge on any atom is -0.305 e. The van der Waals surface area contributed by atoms with Crippen molar-refractivity contribution in [2.24, 2.45) is 0 Å². The molecular formula is C15H19N3O2S2. The monoisotopic (exact) mass is 337 g/mol. The van der Waals surface area contributed by atoms with E-state index < -0.39 is 9.84 Å². The molecule has 7 heteroatoms. The van der Waals surface area contributed by atoms with E-state index in [1.165, 1.54) is 11.8 Å². The van der Waals surface area contributed by atoms with E-state index in [2.05, 4.69) is 16.8 Å². The van der Waals surface area contributed by atoms with Crippen molar-refractivity contribution in [1.29, 1.82) is 0 Å². The molecule has 0 atom stereocenters. The van der Waals surface area contributed by atoms with E-state index in [4.69, 9.17) is 0 Å². The first kappa shape index (κ1) is 16.8. The summed E-state index contributed by atoms with van der Waals surface area (Å²) in [5.74, 6) is 1.03.